The van der Waals surface area contributed by atoms with Gasteiger partial charge in [-0.05, 0) is 75.6 Å². The van der Waals surface area contributed by atoms with Crippen molar-refractivity contribution in [2.24, 2.45) is 5.92 Å². The number of likely N-dealkylation sites (tertiary alicyclic amines) is 1. The fourth-order valence-corrected chi connectivity index (χ4v) is 5.09. The monoisotopic (exact) mass is 700 g/mol. The van der Waals surface area contributed by atoms with E-state index < -0.39 is 58.5 Å². The zero-order valence-electron chi connectivity index (χ0n) is 26.8. The van der Waals surface area contributed by atoms with Gasteiger partial charge in [0.25, 0.3) is 5.91 Å². The normalized spacial score (nSPS) is 16.0. The minimum Gasteiger partial charge on any atom is -0.493 e. The average Bonchev–Trinajstić information content (AvgIpc) is 3.50. The van der Waals surface area contributed by atoms with Gasteiger partial charge in [-0.1, -0.05) is 18.2 Å². The maximum absolute atomic E-state index is 13.5. The number of carbonyl (C=O) groups is 2. The van der Waals surface area contributed by atoms with Crippen molar-refractivity contribution in [2.45, 2.75) is 58.1 Å². The summed E-state index contributed by atoms with van der Waals surface area (Å²) in [4.78, 5) is 25.8. The molecule has 49 heavy (non-hydrogen) atoms. The number of fused-ring (bicyclic) bond motifs is 1. The van der Waals surface area contributed by atoms with Crippen molar-refractivity contribution in [3.63, 3.8) is 0 Å². The van der Waals surface area contributed by atoms with E-state index >= 15 is 0 Å². The SMILES string of the molecule is CC(C)(C)OC(=O)N1CCCC(COc2ccc3c(c2)OCO3)C1.O=C(NCc1c(C(F)(F)F)cccc1C(F)(F)F)c1ccccc1F. The van der Waals surface area contributed by atoms with Gasteiger partial charge in [0, 0.05) is 31.6 Å². The van der Waals surface area contributed by atoms with Crippen molar-refractivity contribution >= 4 is 12.0 Å². The molecule has 2 amide bonds. The molecule has 1 fully saturated rings. The van der Waals surface area contributed by atoms with Crippen molar-refractivity contribution in [1.29, 1.82) is 0 Å². The number of rotatable bonds is 6. The molecule has 5 rings (SSSR count). The number of hydrogen-bond acceptors (Lipinski definition) is 6. The largest absolute Gasteiger partial charge is 0.493 e. The highest BCUT2D eigenvalue weighted by Crippen LogP contribution is 2.39. The Balaban J connectivity index is 0.000000221. The summed E-state index contributed by atoms with van der Waals surface area (Å²) in [5.41, 5.74) is -5.12. The molecule has 1 unspecified atom stereocenters. The molecule has 3 aromatic carbocycles. The third-order valence-corrected chi connectivity index (χ3v) is 7.33. The zero-order valence-corrected chi connectivity index (χ0v) is 26.8. The number of amides is 2. The highest BCUT2D eigenvalue weighted by atomic mass is 19.4. The highest BCUT2D eigenvalue weighted by Gasteiger charge is 2.40. The van der Waals surface area contributed by atoms with Crippen LogP contribution in [0.1, 0.15) is 60.7 Å². The van der Waals surface area contributed by atoms with E-state index in [0.29, 0.717) is 43.0 Å². The number of piperidine rings is 1. The quantitative estimate of drug-likeness (QED) is 0.261. The minimum atomic E-state index is -5.04. The summed E-state index contributed by atoms with van der Waals surface area (Å²) in [6, 6.07) is 11.8. The van der Waals surface area contributed by atoms with Crippen LogP contribution in [0.4, 0.5) is 35.5 Å². The van der Waals surface area contributed by atoms with E-state index in [1.165, 1.54) is 12.1 Å². The molecule has 0 aliphatic carbocycles. The standard InChI is InChI=1S/C18H25NO5.C16H10F7NO/c1-18(2,3)24-17(20)19-8-4-5-13(10-19)11-21-14-6-7-15-16(9-14)23-12-22-15;17-13-7-2-1-4-9(13)14(25)24-8-10-11(15(18,19)20)5-3-6-12(10)16(21,22)23/h6-7,9,13H,4-5,8,10-12H2,1-3H3;1-7H,8H2,(H,24,25). The number of carbonyl (C=O) groups excluding carboxylic acids is 2. The summed E-state index contributed by atoms with van der Waals surface area (Å²) in [5.74, 6) is 0.455. The number of nitrogens with zero attached hydrogens (tertiary/aromatic N) is 1. The number of ether oxygens (including phenoxy) is 4. The first kappa shape index (κ1) is 37.1. The Kier molecular flexibility index (Phi) is 11.6. The second-order valence-corrected chi connectivity index (χ2v) is 12.3. The van der Waals surface area contributed by atoms with Crippen molar-refractivity contribution < 1.29 is 59.3 Å². The van der Waals surface area contributed by atoms with Gasteiger partial charge in [-0.2, -0.15) is 26.3 Å². The smallest absolute Gasteiger partial charge is 0.416 e. The molecular formula is C34H35F7N2O6. The summed E-state index contributed by atoms with van der Waals surface area (Å²) in [6.07, 6.45) is -8.31. The third-order valence-electron chi connectivity index (χ3n) is 7.33. The van der Waals surface area contributed by atoms with Gasteiger partial charge in [0.2, 0.25) is 6.79 Å². The van der Waals surface area contributed by atoms with Gasteiger partial charge in [0.05, 0.1) is 23.3 Å². The molecule has 1 N–H and O–H groups in total. The highest BCUT2D eigenvalue weighted by molar-refractivity contribution is 5.94. The molecule has 0 bridgehead atoms. The minimum absolute atomic E-state index is 0.240. The van der Waals surface area contributed by atoms with Crippen molar-refractivity contribution in [2.75, 3.05) is 26.5 Å². The molecule has 2 aliphatic rings. The van der Waals surface area contributed by atoms with Crippen LogP contribution in [0.5, 0.6) is 17.2 Å². The lowest BCUT2D eigenvalue weighted by molar-refractivity contribution is -0.144. The Bertz CT molecular complexity index is 1590. The van der Waals surface area contributed by atoms with Crippen LogP contribution in [0, 0.1) is 11.7 Å². The fraction of sp³-hybridized carbons (Fsp3) is 0.412. The summed E-state index contributed by atoms with van der Waals surface area (Å²) in [7, 11) is 0. The predicted octanol–water partition coefficient (Wildman–Crippen LogP) is 8.23. The Labute approximate surface area is 278 Å². The molecule has 2 heterocycles. The van der Waals surface area contributed by atoms with Gasteiger partial charge in [-0.25, -0.2) is 9.18 Å². The van der Waals surface area contributed by atoms with Crippen LogP contribution in [0.3, 0.4) is 0 Å². The second-order valence-electron chi connectivity index (χ2n) is 12.3. The molecule has 8 nitrogen and oxygen atoms in total. The molecule has 0 saturated carbocycles. The van der Waals surface area contributed by atoms with Crippen LogP contribution in [0.25, 0.3) is 0 Å². The van der Waals surface area contributed by atoms with Gasteiger partial charge in [0.15, 0.2) is 11.5 Å². The van der Waals surface area contributed by atoms with E-state index in [0.717, 1.165) is 43.0 Å². The summed E-state index contributed by atoms with van der Waals surface area (Å²) in [6.45, 7) is 6.83. The molecule has 1 saturated heterocycles. The lowest BCUT2D eigenvalue weighted by Gasteiger charge is -2.34. The maximum Gasteiger partial charge on any atom is 0.416 e. The van der Waals surface area contributed by atoms with Crippen LogP contribution in [-0.2, 0) is 23.6 Å². The van der Waals surface area contributed by atoms with Crippen molar-refractivity contribution in [1.82, 2.24) is 10.2 Å². The van der Waals surface area contributed by atoms with E-state index in [9.17, 15) is 40.3 Å². The molecule has 2 aliphatic heterocycles. The lowest BCUT2D eigenvalue weighted by atomic mass is 9.99. The van der Waals surface area contributed by atoms with E-state index in [1.807, 2.05) is 44.3 Å². The van der Waals surface area contributed by atoms with E-state index in [-0.39, 0.29) is 12.9 Å². The van der Waals surface area contributed by atoms with Crippen LogP contribution in [0.2, 0.25) is 0 Å². The molecule has 15 heteroatoms. The van der Waals surface area contributed by atoms with E-state index in [1.54, 1.807) is 4.90 Å². The van der Waals surface area contributed by atoms with Gasteiger partial charge in [-0.3, -0.25) is 4.79 Å². The number of nitrogens with one attached hydrogen (secondary N) is 1. The molecule has 1 atom stereocenters. The Morgan fingerprint density at radius 3 is 2.18 bits per heavy atom. The number of benzene rings is 3. The molecule has 266 valence electrons. The number of hydrogen-bond donors (Lipinski definition) is 1. The van der Waals surface area contributed by atoms with Gasteiger partial charge >= 0.3 is 18.4 Å². The number of halogens is 7. The number of alkyl halides is 6. The van der Waals surface area contributed by atoms with Gasteiger partial charge in [0.1, 0.15) is 17.2 Å². The maximum atomic E-state index is 13.5. The third kappa shape index (κ3) is 10.4. The van der Waals surface area contributed by atoms with Gasteiger partial charge < -0.3 is 29.2 Å². The first-order valence-electron chi connectivity index (χ1n) is 15.2. The Morgan fingerprint density at radius 1 is 0.898 bits per heavy atom. The Morgan fingerprint density at radius 2 is 1.55 bits per heavy atom. The summed E-state index contributed by atoms with van der Waals surface area (Å²) < 4.78 is 113. The van der Waals surface area contributed by atoms with Crippen LogP contribution >= 0.6 is 0 Å². The van der Waals surface area contributed by atoms with Crippen molar-refractivity contribution in [3.05, 3.63) is 88.7 Å². The predicted molar refractivity (Wildman–Crippen MR) is 163 cm³/mol. The average molecular weight is 701 g/mol. The van der Waals surface area contributed by atoms with E-state index in [4.69, 9.17) is 18.9 Å². The van der Waals surface area contributed by atoms with Crippen LogP contribution in [-0.4, -0.2) is 49.0 Å². The molecular weight excluding hydrogens is 665 g/mol. The molecule has 0 aromatic heterocycles. The summed E-state index contributed by atoms with van der Waals surface area (Å²) >= 11 is 0. The molecule has 0 spiro atoms. The van der Waals surface area contributed by atoms with Crippen molar-refractivity contribution in [3.8, 4) is 17.2 Å². The van der Waals surface area contributed by atoms with E-state index in [2.05, 4.69) is 0 Å². The van der Waals surface area contributed by atoms with Gasteiger partial charge in [-0.15, -0.1) is 0 Å². The lowest BCUT2D eigenvalue weighted by Crippen LogP contribution is -2.44. The first-order chi connectivity index (χ1) is 22.9. The zero-order chi connectivity index (χ0) is 36.0. The second kappa shape index (κ2) is 15.2. The van der Waals surface area contributed by atoms with Crippen LogP contribution in [0.15, 0.2) is 60.7 Å². The summed E-state index contributed by atoms with van der Waals surface area (Å²) in [5, 5.41) is 1.90. The molecule has 3 aromatic rings. The first-order valence-corrected chi connectivity index (χ1v) is 15.2. The molecule has 0 radical (unpaired) electrons. The Hall–Kier alpha value is -4.69. The van der Waals surface area contributed by atoms with Crippen LogP contribution < -0.4 is 19.5 Å². The fourth-order valence-electron chi connectivity index (χ4n) is 5.09. The topological polar surface area (TPSA) is 86.3 Å².